The Morgan fingerprint density at radius 1 is 0.682 bits per heavy atom. The number of carbonyl (C=O) groups excluding carboxylic acids is 7. The number of hydroxylamine groups is 4. The van der Waals surface area contributed by atoms with E-state index in [9.17, 15) is 58.5 Å². The molecule has 2 aliphatic heterocycles. The fraction of sp³-hybridized carbons (Fsp3) is 0.654. The van der Waals surface area contributed by atoms with E-state index in [2.05, 4.69) is 15.5 Å². The van der Waals surface area contributed by atoms with Gasteiger partial charge in [-0.05, 0) is 25.7 Å². The average Bonchev–Trinajstić information content (AvgIpc) is 3.44. The van der Waals surface area contributed by atoms with Crippen LogP contribution < -0.4 is 10.6 Å². The van der Waals surface area contributed by atoms with Gasteiger partial charge in [0.15, 0.2) is 6.23 Å². The topological polar surface area (TPSA) is 263 Å². The van der Waals surface area contributed by atoms with E-state index in [-0.39, 0.29) is 51.4 Å². The van der Waals surface area contributed by atoms with E-state index in [0.29, 0.717) is 35.8 Å². The van der Waals surface area contributed by atoms with E-state index in [1.54, 1.807) is 0 Å². The van der Waals surface area contributed by atoms with Crippen molar-refractivity contribution in [1.82, 2.24) is 20.8 Å². The molecule has 2 rings (SSSR count). The van der Waals surface area contributed by atoms with Crippen LogP contribution in [-0.2, 0) is 52.8 Å². The second-order valence-corrected chi connectivity index (χ2v) is 10.2. The summed E-state index contributed by atoms with van der Waals surface area (Å²) in [6, 6.07) is -2.78. The van der Waals surface area contributed by atoms with Crippen LogP contribution in [0.15, 0.2) is 0 Å². The first-order valence-corrected chi connectivity index (χ1v) is 14.1. The third-order valence-corrected chi connectivity index (χ3v) is 6.63. The molecule has 0 saturated carbocycles. The molecule has 0 aromatic heterocycles. The Kier molecular flexibility index (Phi) is 14.1. The van der Waals surface area contributed by atoms with Gasteiger partial charge in [-0.25, -0.2) is 19.2 Å². The maximum Gasteiger partial charge on any atom is 0.333 e. The van der Waals surface area contributed by atoms with Crippen LogP contribution in [0.3, 0.4) is 0 Å². The number of nitrogens with zero attached hydrogens (tertiary/aromatic N) is 2. The molecule has 0 radical (unpaired) electrons. The van der Waals surface area contributed by atoms with Gasteiger partial charge in [-0.1, -0.05) is 12.8 Å². The largest absolute Gasteiger partial charge is 0.480 e. The number of hydrogen-bond donors (Lipinski definition) is 5. The van der Waals surface area contributed by atoms with Crippen LogP contribution in [0.4, 0.5) is 0 Å². The number of carboxylic acid groups (broad SMARTS) is 2. The number of aliphatic hydroxyl groups excluding tert-OH is 1. The zero-order valence-electron chi connectivity index (χ0n) is 23.9. The first-order chi connectivity index (χ1) is 20.8. The summed E-state index contributed by atoms with van der Waals surface area (Å²) in [5, 5.41) is 33.7. The Labute approximate surface area is 250 Å². The van der Waals surface area contributed by atoms with Gasteiger partial charge in [-0.3, -0.25) is 24.0 Å². The molecule has 3 atom stereocenters. The van der Waals surface area contributed by atoms with Crippen molar-refractivity contribution in [3.05, 3.63) is 0 Å². The summed E-state index contributed by atoms with van der Waals surface area (Å²) in [5.41, 5.74) is 0. The Balaban J connectivity index is 1.60. The number of carboxylic acids is 2. The number of unbranched alkanes of at least 4 members (excludes halogenated alkanes) is 3. The van der Waals surface area contributed by atoms with Gasteiger partial charge in [0.1, 0.15) is 12.1 Å². The average molecular weight is 629 g/mol. The van der Waals surface area contributed by atoms with Gasteiger partial charge in [-0.2, -0.15) is 0 Å². The molecule has 5 amide bonds. The first-order valence-electron chi connectivity index (χ1n) is 14.1. The van der Waals surface area contributed by atoms with Gasteiger partial charge in [0.2, 0.25) is 11.8 Å². The summed E-state index contributed by atoms with van der Waals surface area (Å²) >= 11 is 0. The van der Waals surface area contributed by atoms with Gasteiger partial charge in [0.25, 0.3) is 17.7 Å². The zero-order valence-corrected chi connectivity index (χ0v) is 23.9. The Morgan fingerprint density at radius 3 is 1.55 bits per heavy atom. The van der Waals surface area contributed by atoms with Crippen molar-refractivity contribution in [2.75, 3.05) is 0 Å². The summed E-state index contributed by atoms with van der Waals surface area (Å²) in [6.07, 6.45) is -1.19. The molecule has 0 spiro atoms. The van der Waals surface area contributed by atoms with Crippen molar-refractivity contribution in [3.63, 3.8) is 0 Å². The molecule has 244 valence electrons. The minimum atomic E-state index is -1.40. The van der Waals surface area contributed by atoms with E-state index >= 15 is 0 Å². The summed E-state index contributed by atoms with van der Waals surface area (Å²) < 4.78 is 0. The fourth-order valence-electron chi connectivity index (χ4n) is 4.22. The van der Waals surface area contributed by atoms with Crippen LogP contribution in [0.2, 0.25) is 0 Å². The maximum absolute atomic E-state index is 12.2. The number of aliphatic hydroxyl groups is 1. The molecule has 0 aromatic rings. The molecular weight excluding hydrogens is 592 g/mol. The Bertz CT molecular complexity index is 1130. The molecule has 18 nitrogen and oxygen atoms in total. The minimum Gasteiger partial charge on any atom is -0.480 e. The number of amides is 5. The molecular formula is C26H36N4O14. The van der Waals surface area contributed by atoms with Crippen molar-refractivity contribution in [3.8, 4) is 0 Å². The van der Waals surface area contributed by atoms with Gasteiger partial charge in [0, 0.05) is 38.5 Å². The van der Waals surface area contributed by atoms with Crippen LogP contribution in [0, 0.1) is 0 Å². The lowest BCUT2D eigenvalue weighted by Crippen LogP contribution is -2.41. The Hall–Kier alpha value is -4.61. The standard InChI is InChI=1S/C26H36N4O14/c31-17(27-15(25(39)40)7-13-23(37)43-29-19(33)9-10-20(29)34)5-3-1-2-4-6-18(32)28-16(26(41)42)8-14-24(38)44-30-21(35)11-12-22(30)36/h15-16,19,33H,1-14H2,(H,27,31)(H,28,32)(H,39,40)(H,41,42)/t15-,16-,19?/m0/s1. The molecule has 2 saturated heterocycles. The SMILES string of the molecule is O=C(CCCCCCC(=O)N[C@@H](CCC(=O)ON1C(=O)CCC1O)C(=O)O)N[C@@H](CCC(=O)ON1C(=O)CCC1=O)C(=O)O. The summed E-state index contributed by atoms with van der Waals surface area (Å²) in [6.45, 7) is 0. The number of imide groups is 1. The first kappa shape index (κ1) is 35.6. The van der Waals surface area contributed by atoms with Crippen molar-refractivity contribution < 1.29 is 68.1 Å². The Morgan fingerprint density at radius 2 is 1.14 bits per heavy atom. The van der Waals surface area contributed by atoms with Crippen LogP contribution >= 0.6 is 0 Å². The van der Waals surface area contributed by atoms with E-state index in [1.807, 2.05) is 0 Å². The van der Waals surface area contributed by atoms with Crippen LogP contribution in [0.5, 0.6) is 0 Å². The highest BCUT2D eigenvalue weighted by atomic mass is 16.7. The monoisotopic (exact) mass is 628 g/mol. The van der Waals surface area contributed by atoms with Crippen LogP contribution in [0.25, 0.3) is 0 Å². The third kappa shape index (κ3) is 11.9. The third-order valence-electron chi connectivity index (χ3n) is 6.63. The lowest BCUT2D eigenvalue weighted by molar-refractivity contribution is -0.220. The van der Waals surface area contributed by atoms with E-state index < -0.39 is 84.6 Å². The number of rotatable bonds is 19. The van der Waals surface area contributed by atoms with Gasteiger partial charge in [-0.15, -0.1) is 10.1 Å². The second kappa shape index (κ2) is 17.5. The molecule has 2 fully saturated rings. The van der Waals surface area contributed by atoms with Crippen LogP contribution in [-0.4, -0.2) is 97.2 Å². The lowest BCUT2D eigenvalue weighted by atomic mass is 10.1. The predicted molar refractivity (Wildman–Crippen MR) is 141 cm³/mol. The minimum absolute atomic E-state index is 0.0101. The maximum atomic E-state index is 12.2. The smallest absolute Gasteiger partial charge is 0.333 e. The van der Waals surface area contributed by atoms with Crippen LogP contribution in [0.1, 0.15) is 89.9 Å². The predicted octanol–water partition coefficient (Wildman–Crippen LogP) is -0.968. The van der Waals surface area contributed by atoms with E-state index in [4.69, 9.17) is 4.84 Å². The second-order valence-electron chi connectivity index (χ2n) is 10.2. The van der Waals surface area contributed by atoms with Gasteiger partial charge >= 0.3 is 23.9 Å². The van der Waals surface area contributed by atoms with Crippen molar-refractivity contribution in [1.29, 1.82) is 0 Å². The highest BCUT2D eigenvalue weighted by Gasteiger charge is 2.34. The number of hydrogen-bond acceptors (Lipinski definition) is 12. The van der Waals surface area contributed by atoms with E-state index in [1.165, 1.54) is 0 Å². The molecule has 18 heteroatoms. The van der Waals surface area contributed by atoms with Gasteiger partial charge < -0.3 is 35.6 Å². The summed E-state index contributed by atoms with van der Waals surface area (Å²) in [7, 11) is 0. The molecule has 0 bridgehead atoms. The van der Waals surface area contributed by atoms with E-state index in [0.717, 1.165) is 0 Å². The molecule has 0 aromatic carbocycles. The normalized spacial score (nSPS) is 17.7. The summed E-state index contributed by atoms with van der Waals surface area (Å²) in [5.74, 6) is -7.77. The molecule has 0 aliphatic carbocycles. The summed E-state index contributed by atoms with van der Waals surface area (Å²) in [4.78, 5) is 115. The molecule has 5 N–H and O–H groups in total. The molecule has 2 heterocycles. The van der Waals surface area contributed by atoms with Gasteiger partial charge in [0.05, 0.1) is 12.8 Å². The zero-order chi connectivity index (χ0) is 32.8. The molecule has 44 heavy (non-hydrogen) atoms. The number of aliphatic carboxylic acids is 2. The number of nitrogens with one attached hydrogen (secondary N) is 2. The highest BCUT2D eigenvalue weighted by molar-refractivity contribution is 6.01. The highest BCUT2D eigenvalue weighted by Crippen LogP contribution is 2.18. The van der Waals surface area contributed by atoms with Crippen molar-refractivity contribution in [2.45, 2.75) is 108 Å². The number of carbonyl (C=O) groups is 9. The van der Waals surface area contributed by atoms with Crippen molar-refractivity contribution in [2.24, 2.45) is 0 Å². The lowest BCUT2D eigenvalue weighted by Gasteiger charge is -2.19. The molecule has 2 aliphatic rings. The fourth-order valence-corrected chi connectivity index (χ4v) is 4.22. The quantitative estimate of drug-likeness (QED) is 0.0852. The van der Waals surface area contributed by atoms with Crippen molar-refractivity contribution >= 4 is 53.4 Å². The molecule has 1 unspecified atom stereocenters.